The van der Waals surface area contributed by atoms with Gasteiger partial charge < -0.3 is 10.6 Å². The number of hydrogen-bond donors (Lipinski definition) is 1. The van der Waals surface area contributed by atoms with E-state index >= 15 is 0 Å². The number of nitrogens with zero attached hydrogens (tertiary/aromatic N) is 5. The number of rotatable bonds is 5. The van der Waals surface area contributed by atoms with Gasteiger partial charge in [0.15, 0.2) is 0 Å². The van der Waals surface area contributed by atoms with Crippen molar-refractivity contribution in [2.75, 3.05) is 23.7 Å². The maximum absolute atomic E-state index is 13.2. The smallest absolute Gasteiger partial charge is 0.383 e. The van der Waals surface area contributed by atoms with Gasteiger partial charge in [-0.15, -0.1) is 0 Å². The summed E-state index contributed by atoms with van der Waals surface area (Å²) in [5.41, 5.74) is 8.95. The molecule has 1 atom stereocenters. The molecule has 0 aromatic carbocycles. The van der Waals surface area contributed by atoms with Gasteiger partial charge in [0.1, 0.15) is 18.2 Å². The molecule has 0 bridgehead atoms. The van der Waals surface area contributed by atoms with Crippen molar-refractivity contribution in [3.63, 3.8) is 0 Å². The Labute approximate surface area is 216 Å². The van der Waals surface area contributed by atoms with E-state index < -0.39 is 18.6 Å². The van der Waals surface area contributed by atoms with Crippen molar-refractivity contribution in [2.45, 2.75) is 37.9 Å². The van der Waals surface area contributed by atoms with Gasteiger partial charge in [-0.05, 0) is 43.5 Å². The Kier molecular flexibility index (Phi) is 6.70. The van der Waals surface area contributed by atoms with Gasteiger partial charge in [-0.2, -0.15) is 18.3 Å². The summed E-state index contributed by atoms with van der Waals surface area (Å²) in [6.07, 6.45) is 6.57. The minimum Gasteiger partial charge on any atom is -0.383 e. The van der Waals surface area contributed by atoms with Crippen LogP contribution in [0.3, 0.4) is 0 Å². The summed E-state index contributed by atoms with van der Waals surface area (Å²) >= 11 is 12.7. The topological polar surface area (TPSA) is 72.9 Å². The van der Waals surface area contributed by atoms with Gasteiger partial charge in [0.2, 0.25) is 0 Å². The first kappa shape index (κ1) is 24.6. The fourth-order valence-corrected chi connectivity index (χ4v) is 5.09. The molecule has 1 fully saturated rings. The number of nitrogen functional groups attached to an aromatic ring is 1. The van der Waals surface area contributed by atoms with Gasteiger partial charge in [-0.1, -0.05) is 29.3 Å². The second-order valence-corrected chi connectivity index (χ2v) is 9.70. The zero-order valence-electron chi connectivity index (χ0n) is 19.1. The lowest BCUT2D eigenvalue weighted by atomic mass is 9.90. The van der Waals surface area contributed by atoms with Crippen LogP contribution in [0.4, 0.5) is 24.8 Å². The molecule has 3 aromatic rings. The number of allylic oxidation sites excluding steroid dienone is 4. The first-order chi connectivity index (χ1) is 17.2. The van der Waals surface area contributed by atoms with Gasteiger partial charge in [-0.25, -0.2) is 9.97 Å². The molecule has 1 aliphatic carbocycles. The molecule has 5 rings (SSSR count). The molecule has 1 aliphatic heterocycles. The zero-order chi connectivity index (χ0) is 25.4. The summed E-state index contributed by atoms with van der Waals surface area (Å²) in [5.74, 6) is 0.610. The second kappa shape index (κ2) is 9.78. The Morgan fingerprint density at radius 1 is 1.06 bits per heavy atom. The highest BCUT2D eigenvalue weighted by Gasteiger charge is 2.32. The van der Waals surface area contributed by atoms with E-state index in [1.54, 1.807) is 24.5 Å². The third-order valence-corrected chi connectivity index (χ3v) is 7.25. The van der Waals surface area contributed by atoms with Crippen LogP contribution < -0.4 is 10.6 Å². The Morgan fingerprint density at radius 2 is 1.81 bits per heavy atom. The minimum absolute atomic E-state index is 0.149. The Bertz CT molecular complexity index is 1320. The first-order valence-electron chi connectivity index (χ1n) is 11.5. The molecule has 3 aromatic heterocycles. The molecule has 188 valence electrons. The summed E-state index contributed by atoms with van der Waals surface area (Å²) in [7, 11) is 0. The molecular weight excluding hydrogens is 512 g/mol. The summed E-state index contributed by atoms with van der Waals surface area (Å²) in [5, 5.41) is 4.95. The molecule has 36 heavy (non-hydrogen) atoms. The molecule has 11 heteroatoms. The van der Waals surface area contributed by atoms with E-state index in [1.165, 1.54) is 6.20 Å². The zero-order valence-corrected chi connectivity index (χ0v) is 20.7. The maximum atomic E-state index is 13.2. The van der Waals surface area contributed by atoms with Gasteiger partial charge in [-0.3, -0.25) is 4.68 Å². The predicted octanol–water partition coefficient (Wildman–Crippen LogP) is 6.48. The van der Waals surface area contributed by atoms with E-state index in [-0.39, 0.29) is 11.5 Å². The van der Waals surface area contributed by atoms with Gasteiger partial charge in [0.05, 0.1) is 10.7 Å². The van der Waals surface area contributed by atoms with Crippen LogP contribution in [0, 0.1) is 0 Å². The molecule has 0 spiro atoms. The average molecular weight is 535 g/mol. The Morgan fingerprint density at radius 3 is 2.50 bits per heavy atom. The van der Waals surface area contributed by atoms with Gasteiger partial charge in [0.25, 0.3) is 0 Å². The van der Waals surface area contributed by atoms with Crippen molar-refractivity contribution in [2.24, 2.45) is 0 Å². The molecule has 2 N–H and O–H groups in total. The average Bonchev–Trinajstić information content (AvgIpc) is 3.51. The number of hydrogen-bond acceptors (Lipinski definition) is 5. The highest BCUT2D eigenvalue weighted by Crippen LogP contribution is 2.43. The van der Waals surface area contributed by atoms with Crippen molar-refractivity contribution in [1.29, 1.82) is 0 Å². The van der Waals surface area contributed by atoms with E-state index in [0.717, 1.165) is 47.6 Å². The summed E-state index contributed by atoms with van der Waals surface area (Å²) in [6.45, 7) is 0.730. The quantitative estimate of drug-likeness (QED) is 0.405. The van der Waals surface area contributed by atoms with Crippen molar-refractivity contribution in [1.82, 2.24) is 19.7 Å². The molecule has 0 radical (unpaired) electrons. The molecular formula is C25H23Cl2F3N6. The Hall–Kier alpha value is -3.04. The fraction of sp³-hybridized carbons (Fsp3) is 0.320. The predicted molar refractivity (Wildman–Crippen MR) is 136 cm³/mol. The highest BCUT2D eigenvalue weighted by atomic mass is 35.5. The lowest BCUT2D eigenvalue weighted by molar-refractivity contribution is -0.142. The van der Waals surface area contributed by atoms with Crippen molar-refractivity contribution in [3.05, 3.63) is 64.6 Å². The third kappa shape index (κ3) is 5.08. The normalized spacial score (nSPS) is 18.4. The number of alkyl halides is 3. The van der Waals surface area contributed by atoms with Crippen LogP contribution in [0.1, 0.15) is 30.7 Å². The third-order valence-electron chi connectivity index (χ3n) is 6.36. The molecule has 0 saturated carbocycles. The maximum Gasteiger partial charge on any atom is 0.408 e. The number of pyridine rings is 2. The van der Waals surface area contributed by atoms with Crippen LogP contribution in [0.5, 0.6) is 0 Å². The number of aromatic nitrogens is 4. The van der Waals surface area contributed by atoms with Crippen LogP contribution >= 0.6 is 23.2 Å². The van der Waals surface area contributed by atoms with E-state index in [2.05, 4.69) is 20.0 Å². The lowest BCUT2D eigenvalue weighted by Crippen LogP contribution is -2.18. The summed E-state index contributed by atoms with van der Waals surface area (Å²) in [6, 6.07) is 5.68. The molecule has 2 aliphatic rings. The van der Waals surface area contributed by atoms with Crippen LogP contribution in [0.25, 0.3) is 22.4 Å². The monoisotopic (exact) mass is 534 g/mol. The second-order valence-electron chi connectivity index (χ2n) is 8.89. The lowest BCUT2D eigenvalue weighted by Gasteiger charge is -2.19. The molecule has 6 nitrogen and oxygen atoms in total. The number of nitrogens with two attached hydrogens (primary N) is 1. The summed E-state index contributed by atoms with van der Waals surface area (Å²) in [4.78, 5) is 11.1. The van der Waals surface area contributed by atoms with Crippen LogP contribution in [0.2, 0.25) is 0 Å². The molecule has 1 saturated heterocycles. The van der Waals surface area contributed by atoms with Gasteiger partial charge in [0, 0.05) is 64.9 Å². The summed E-state index contributed by atoms with van der Waals surface area (Å²) < 4.78 is 40.5. The van der Waals surface area contributed by atoms with Crippen LogP contribution in [-0.4, -0.2) is 39.0 Å². The van der Waals surface area contributed by atoms with E-state index in [1.807, 2.05) is 18.2 Å². The molecule has 1 unspecified atom stereocenters. The van der Waals surface area contributed by atoms with Crippen molar-refractivity contribution >= 4 is 34.8 Å². The highest BCUT2D eigenvalue weighted by molar-refractivity contribution is 6.40. The molecule has 0 amide bonds. The van der Waals surface area contributed by atoms with Crippen LogP contribution in [0.15, 0.2) is 59.0 Å². The van der Waals surface area contributed by atoms with E-state index in [9.17, 15) is 13.2 Å². The standard InChI is InChI=1S/C25H23Cl2F3N6/c26-20-5-3-4-17(22(20)27)19-13-36(14-25(28,29)30)34-23(19)18-10-16(12-33-24(18)31)15-6-7-21(32-11-15)35-8-1-2-9-35/h3,5-7,10-13,17H,1-2,4,8-9,14H2,(H2,31,33). The Balaban J connectivity index is 1.56. The SMILES string of the molecule is Nc1ncc(-c2ccc(N3CCCC3)nc2)cc1-c1nn(CC(F)(F)F)cc1C1CC=CC(Cl)=C1Cl. The van der Waals surface area contributed by atoms with E-state index in [0.29, 0.717) is 27.6 Å². The van der Waals surface area contributed by atoms with Gasteiger partial charge >= 0.3 is 6.18 Å². The number of halogens is 5. The van der Waals surface area contributed by atoms with Crippen LogP contribution in [-0.2, 0) is 6.54 Å². The van der Waals surface area contributed by atoms with E-state index in [4.69, 9.17) is 28.9 Å². The number of anilines is 2. The molecule has 4 heterocycles. The largest absolute Gasteiger partial charge is 0.408 e. The minimum atomic E-state index is -4.45. The fourth-order valence-electron chi connectivity index (χ4n) is 4.60. The van der Waals surface area contributed by atoms with Crippen molar-refractivity contribution in [3.8, 4) is 22.4 Å². The first-order valence-corrected chi connectivity index (χ1v) is 12.3. The van der Waals surface area contributed by atoms with Crippen molar-refractivity contribution < 1.29 is 13.2 Å².